The average molecular weight is 496 g/mol. The van der Waals surface area contributed by atoms with E-state index in [2.05, 4.69) is 31.6 Å². The molecule has 0 fully saturated rings. The summed E-state index contributed by atoms with van der Waals surface area (Å²) in [6, 6.07) is 5.77. The van der Waals surface area contributed by atoms with Crippen molar-refractivity contribution in [1.82, 2.24) is 20.3 Å². The molecule has 0 spiro atoms. The summed E-state index contributed by atoms with van der Waals surface area (Å²) in [6.45, 7) is 1.74. The summed E-state index contributed by atoms with van der Waals surface area (Å²) in [6.07, 6.45) is -1.70. The van der Waals surface area contributed by atoms with Crippen molar-refractivity contribution in [2.24, 2.45) is 5.73 Å². The Hall–Kier alpha value is -2.67. The predicted octanol–water partition coefficient (Wildman–Crippen LogP) is 2.20. The highest BCUT2D eigenvalue weighted by Gasteiger charge is 2.38. The van der Waals surface area contributed by atoms with Gasteiger partial charge in [0.25, 0.3) is 5.91 Å². The molecule has 1 heterocycles. The monoisotopic (exact) mass is 495 g/mol. The second-order valence-electron chi connectivity index (χ2n) is 5.82. The van der Waals surface area contributed by atoms with E-state index in [4.69, 9.17) is 20.4 Å². The lowest BCUT2D eigenvalue weighted by molar-refractivity contribution is -0.192. The van der Waals surface area contributed by atoms with Gasteiger partial charge in [-0.1, -0.05) is 11.3 Å². The number of ether oxygens (including phenoxy) is 1. The number of aliphatic carboxylic acids is 1. The molecule has 9 nitrogen and oxygen atoms in total. The van der Waals surface area contributed by atoms with E-state index >= 15 is 0 Å². The Morgan fingerprint density at radius 2 is 2.00 bits per heavy atom. The average Bonchev–Trinajstić information content (AvgIpc) is 3.13. The second kappa shape index (κ2) is 12.1. The molecule has 0 saturated carbocycles. The molecule has 0 aliphatic rings. The number of hydrogen-bond donors (Lipinski definition) is 3. The Kier molecular flexibility index (Phi) is 10.3. The number of halogens is 4. The van der Waals surface area contributed by atoms with Gasteiger partial charge in [0.15, 0.2) is 5.69 Å². The number of aromatic nitrogens is 3. The fourth-order valence-electron chi connectivity index (χ4n) is 2.04. The molecular weight excluding hydrogens is 475 g/mol. The van der Waals surface area contributed by atoms with Gasteiger partial charge in [0.05, 0.1) is 24.3 Å². The van der Waals surface area contributed by atoms with Gasteiger partial charge in [0, 0.05) is 6.54 Å². The fraction of sp³-hybridized carbons (Fsp3) is 0.412. The molecule has 30 heavy (non-hydrogen) atoms. The van der Waals surface area contributed by atoms with Crippen molar-refractivity contribution in [3.63, 3.8) is 0 Å². The number of carboxylic acid groups (broad SMARTS) is 1. The minimum atomic E-state index is -5.08. The summed E-state index contributed by atoms with van der Waals surface area (Å²) in [5.41, 5.74) is 6.75. The number of nitrogens with one attached hydrogen (secondary N) is 1. The van der Waals surface area contributed by atoms with Crippen LogP contribution in [-0.4, -0.2) is 58.4 Å². The smallest absolute Gasteiger partial charge is 0.490 e. The van der Waals surface area contributed by atoms with E-state index in [1.165, 1.54) is 0 Å². The Labute approximate surface area is 178 Å². The predicted molar refractivity (Wildman–Crippen MR) is 104 cm³/mol. The number of alkyl halides is 3. The number of methoxy groups -OCH3 is 1. The third-order valence-electron chi connectivity index (χ3n) is 3.49. The number of carbonyl (C=O) groups excluding carboxylic acids is 1. The highest BCUT2D eigenvalue weighted by molar-refractivity contribution is 9.10. The van der Waals surface area contributed by atoms with E-state index in [-0.39, 0.29) is 5.91 Å². The summed E-state index contributed by atoms with van der Waals surface area (Å²) in [7, 11) is 1.62. The zero-order chi connectivity index (χ0) is 22.7. The summed E-state index contributed by atoms with van der Waals surface area (Å²) in [5, 5.41) is 17.8. The number of rotatable bonds is 8. The molecular formula is C17H21BrF3N5O4. The van der Waals surface area contributed by atoms with Crippen LogP contribution < -0.4 is 15.8 Å². The van der Waals surface area contributed by atoms with Crippen molar-refractivity contribution in [1.29, 1.82) is 0 Å². The molecule has 1 aromatic carbocycles. The van der Waals surface area contributed by atoms with E-state index in [0.717, 1.165) is 28.6 Å². The van der Waals surface area contributed by atoms with Gasteiger partial charge in [-0.05, 0) is 53.0 Å². The van der Waals surface area contributed by atoms with Gasteiger partial charge < -0.3 is 20.9 Å². The number of hydrogen-bond acceptors (Lipinski definition) is 6. The first-order chi connectivity index (χ1) is 14.1. The van der Waals surface area contributed by atoms with Gasteiger partial charge in [-0.3, -0.25) is 4.79 Å². The van der Waals surface area contributed by atoms with Crippen molar-refractivity contribution < 1.29 is 32.6 Å². The largest absolute Gasteiger partial charge is 0.496 e. The third kappa shape index (κ3) is 8.78. The molecule has 13 heteroatoms. The minimum Gasteiger partial charge on any atom is -0.496 e. The maximum Gasteiger partial charge on any atom is 0.490 e. The second-order valence-corrected chi connectivity index (χ2v) is 6.68. The van der Waals surface area contributed by atoms with Crippen LogP contribution in [0.3, 0.4) is 0 Å². The molecule has 0 unspecified atom stereocenters. The Morgan fingerprint density at radius 3 is 2.53 bits per heavy atom. The molecule has 1 amide bonds. The minimum absolute atomic E-state index is 0.218. The molecule has 166 valence electrons. The van der Waals surface area contributed by atoms with Gasteiger partial charge in [-0.2, -0.15) is 13.2 Å². The molecule has 4 N–H and O–H groups in total. The van der Waals surface area contributed by atoms with Gasteiger partial charge in [-0.25, -0.2) is 9.48 Å². The van der Waals surface area contributed by atoms with Gasteiger partial charge in [0.1, 0.15) is 5.75 Å². The Morgan fingerprint density at radius 1 is 1.33 bits per heavy atom. The topological polar surface area (TPSA) is 132 Å². The molecule has 0 atom stereocenters. The highest BCUT2D eigenvalue weighted by atomic mass is 79.9. The van der Waals surface area contributed by atoms with E-state index in [0.29, 0.717) is 25.3 Å². The molecule has 2 rings (SSSR count). The van der Waals surface area contributed by atoms with Crippen LogP contribution in [0.4, 0.5) is 13.2 Å². The van der Waals surface area contributed by atoms with Crippen molar-refractivity contribution in [3.8, 4) is 5.75 Å². The van der Waals surface area contributed by atoms with Crippen LogP contribution in [-0.2, 0) is 11.3 Å². The molecule has 0 bridgehead atoms. The van der Waals surface area contributed by atoms with E-state index in [9.17, 15) is 18.0 Å². The fourth-order valence-corrected chi connectivity index (χ4v) is 2.62. The first-order valence-electron chi connectivity index (χ1n) is 8.59. The van der Waals surface area contributed by atoms with Crippen LogP contribution in [0.5, 0.6) is 5.75 Å². The van der Waals surface area contributed by atoms with Crippen LogP contribution in [0.1, 0.15) is 28.9 Å². The third-order valence-corrected chi connectivity index (χ3v) is 4.11. The summed E-state index contributed by atoms with van der Waals surface area (Å²) in [5.74, 6) is -2.21. The lowest BCUT2D eigenvalue weighted by Gasteiger charge is -2.06. The number of carboxylic acids is 1. The highest BCUT2D eigenvalue weighted by Crippen LogP contribution is 2.25. The van der Waals surface area contributed by atoms with Gasteiger partial charge in [0.2, 0.25) is 0 Å². The number of nitrogens with zero attached hydrogens (tertiary/aromatic N) is 3. The van der Waals surface area contributed by atoms with Gasteiger partial charge in [-0.15, -0.1) is 5.10 Å². The molecule has 0 aliphatic carbocycles. The maximum atomic E-state index is 11.9. The molecule has 2 aromatic rings. The van der Waals surface area contributed by atoms with Crippen LogP contribution in [0.15, 0.2) is 28.9 Å². The zero-order valence-electron chi connectivity index (χ0n) is 15.9. The number of unbranched alkanes of at least 4 members (excludes halogenated alkanes) is 1. The number of nitrogens with two attached hydrogens (primary N) is 1. The molecule has 0 aliphatic heterocycles. The number of benzene rings is 1. The first-order valence-corrected chi connectivity index (χ1v) is 9.38. The van der Waals surface area contributed by atoms with E-state index in [1.54, 1.807) is 18.0 Å². The molecule has 0 saturated heterocycles. The normalized spacial score (nSPS) is 10.7. The van der Waals surface area contributed by atoms with Crippen molar-refractivity contribution in [2.75, 3.05) is 20.2 Å². The maximum absolute atomic E-state index is 11.9. The number of amides is 1. The van der Waals surface area contributed by atoms with Crippen LogP contribution in [0.25, 0.3) is 0 Å². The van der Waals surface area contributed by atoms with Crippen molar-refractivity contribution >= 4 is 27.8 Å². The van der Waals surface area contributed by atoms with E-state index < -0.39 is 12.1 Å². The quantitative estimate of drug-likeness (QED) is 0.478. The van der Waals surface area contributed by atoms with E-state index in [1.807, 2.05) is 18.2 Å². The first kappa shape index (κ1) is 25.4. The molecule has 1 aromatic heterocycles. The van der Waals surface area contributed by atoms with Crippen LogP contribution in [0, 0.1) is 0 Å². The standard InChI is InChI=1S/C15H20BrN5O2.C2HF3O2/c1-23-14-5-4-11(8-12(14)16)9-21-10-13(19-20-21)15(22)18-7-3-2-6-17;3-2(4,5)1(6)7/h4-5,8,10H,2-3,6-7,9,17H2,1H3,(H,18,22);(H,6,7). The lowest BCUT2D eigenvalue weighted by Crippen LogP contribution is -2.25. The lowest BCUT2D eigenvalue weighted by atomic mass is 10.2. The molecule has 0 radical (unpaired) electrons. The van der Waals surface area contributed by atoms with Crippen LogP contribution in [0.2, 0.25) is 0 Å². The SMILES string of the molecule is COc1ccc(Cn2cc(C(=O)NCCCCN)nn2)cc1Br.O=C(O)C(F)(F)F. The Bertz CT molecular complexity index is 845. The summed E-state index contributed by atoms with van der Waals surface area (Å²) >= 11 is 3.45. The van der Waals surface area contributed by atoms with Crippen molar-refractivity contribution in [2.45, 2.75) is 25.6 Å². The Balaban J connectivity index is 0.000000553. The zero-order valence-corrected chi connectivity index (χ0v) is 17.5. The van der Waals surface area contributed by atoms with Gasteiger partial charge >= 0.3 is 12.1 Å². The summed E-state index contributed by atoms with van der Waals surface area (Å²) < 4.78 is 39.4. The van der Waals surface area contributed by atoms with Crippen molar-refractivity contribution in [3.05, 3.63) is 40.1 Å². The summed E-state index contributed by atoms with van der Waals surface area (Å²) in [4.78, 5) is 20.8. The number of carbonyl (C=O) groups is 2. The van der Waals surface area contributed by atoms with Crippen LogP contribution >= 0.6 is 15.9 Å².